The minimum Gasteiger partial charge on any atom is -0.391 e. The Labute approximate surface area is 108 Å². The zero-order valence-electron chi connectivity index (χ0n) is 11.2. The van der Waals surface area contributed by atoms with Gasteiger partial charge in [0.25, 0.3) is 0 Å². The van der Waals surface area contributed by atoms with Gasteiger partial charge in [0.15, 0.2) is 0 Å². The summed E-state index contributed by atoms with van der Waals surface area (Å²) in [6.45, 7) is 5.03. The first-order chi connectivity index (χ1) is 8.56. The standard InChI is InChI=1S/C12H22N4O2/c1-8(2)10-11(13)15-7-16-12(10)14-5-4-9(17)6-18-3/h7-9,17H,4-6H2,1-3H3,(H3,13,14,15,16). The Morgan fingerprint density at radius 1 is 1.44 bits per heavy atom. The van der Waals surface area contributed by atoms with Gasteiger partial charge < -0.3 is 20.9 Å². The minimum absolute atomic E-state index is 0.248. The van der Waals surface area contributed by atoms with Crippen LogP contribution in [0.3, 0.4) is 0 Å². The molecule has 0 aliphatic heterocycles. The monoisotopic (exact) mass is 254 g/mol. The normalized spacial score (nSPS) is 12.7. The first-order valence-electron chi connectivity index (χ1n) is 6.07. The van der Waals surface area contributed by atoms with Crippen LogP contribution in [0.4, 0.5) is 11.6 Å². The average Bonchev–Trinajstić information content (AvgIpc) is 2.28. The number of nitrogens with one attached hydrogen (secondary N) is 1. The van der Waals surface area contributed by atoms with Crippen molar-refractivity contribution in [2.24, 2.45) is 0 Å². The Balaban J connectivity index is 2.59. The number of nitrogens with zero attached hydrogens (tertiary/aromatic N) is 2. The summed E-state index contributed by atoms with van der Waals surface area (Å²) < 4.78 is 4.86. The molecule has 1 aromatic rings. The summed E-state index contributed by atoms with van der Waals surface area (Å²) >= 11 is 0. The van der Waals surface area contributed by atoms with E-state index in [1.165, 1.54) is 6.33 Å². The molecule has 4 N–H and O–H groups in total. The number of aliphatic hydroxyl groups excluding tert-OH is 1. The first kappa shape index (κ1) is 14.7. The highest BCUT2D eigenvalue weighted by Crippen LogP contribution is 2.25. The quantitative estimate of drug-likeness (QED) is 0.672. The Hall–Kier alpha value is -1.40. The van der Waals surface area contributed by atoms with Crippen LogP contribution in [0.5, 0.6) is 0 Å². The first-order valence-corrected chi connectivity index (χ1v) is 6.07. The lowest BCUT2D eigenvalue weighted by Gasteiger charge is -2.15. The van der Waals surface area contributed by atoms with Crippen LogP contribution in [0.2, 0.25) is 0 Å². The van der Waals surface area contributed by atoms with E-state index >= 15 is 0 Å². The van der Waals surface area contributed by atoms with Gasteiger partial charge in [-0.15, -0.1) is 0 Å². The van der Waals surface area contributed by atoms with Gasteiger partial charge in [0.2, 0.25) is 0 Å². The van der Waals surface area contributed by atoms with Gasteiger partial charge in [-0.2, -0.15) is 0 Å². The molecule has 0 radical (unpaired) electrons. The summed E-state index contributed by atoms with van der Waals surface area (Å²) in [5.41, 5.74) is 6.76. The fourth-order valence-corrected chi connectivity index (χ4v) is 1.75. The number of hydrogen-bond acceptors (Lipinski definition) is 6. The van der Waals surface area contributed by atoms with Crippen LogP contribution in [-0.4, -0.2) is 41.4 Å². The van der Waals surface area contributed by atoms with E-state index in [-0.39, 0.29) is 5.92 Å². The zero-order chi connectivity index (χ0) is 13.5. The maximum atomic E-state index is 9.54. The van der Waals surface area contributed by atoms with E-state index < -0.39 is 6.10 Å². The molecule has 0 saturated heterocycles. The third-order valence-electron chi connectivity index (χ3n) is 2.62. The van der Waals surface area contributed by atoms with Crippen LogP contribution in [0, 0.1) is 0 Å². The molecular weight excluding hydrogens is 232 g/mol. The zero-order valence-corrected chi connectivity index (χ0v) is 11.2. The Kier molecular flexibility index (Phi) is 5.80. The number of hydrogen-bond donors (Lipinski definition) is 3. The van der Waals surface area contributed by atoms with Gasteiger partial charge in [0.1, 0.15) is 18.0 Å². The lowest BCUT2D eigenvalue weighted by atomic mass is 10.0. The van der Waals surface area contributed by atoms with Crippen LogP contribution in [0.15, 0.2) is 6.33 Å². The molecule has 0 saturated carbocycles. The molecule has 1 unspecified atom stereocenters. The molecule has 0 bridgehead atoms. The smallest absolute Gasteiger partial charge is 0.134 e. The van der Waals surface area contributed by atoms with Crippen LogP contribution in [0.25, 0.3) is 0 Å². The van der Waals surface area contributed by atoms with Gasteiger partial charge in [0.05, 0.1) is 12.7 Å². The average molecular weight is 254 g/mol. The van der Waals surface area contributed by atoms with Crippen molar-refractivity contribution < 1.29 is 9.84 Å². The van der Waals surface area contributed by atoms with E-state index in [2.05, 4.69) is 15.3 Å². The fourth-order valence-electron chi connectivity index (χ4n) is 1.75. The molecule has 6 heteroatoms. The lowest BCUT2D eigenvalue weighted by molar-refractivity contribution is 0.0615. The Bertz CT molecular complexity index is 371. The molecule has 18 heavy (non-hydrogen) atoms. The molecule has 0 aliphatic carbocycles. The second kappa shape index (κ2) is 7.13. The van der Waals surface area contributed by atoms with Crippen molar-refractivity contribution in [1.29, 1.82) is 0 Å². The van der Waals surface area contributed by atoms with E-state index in [0.717, 1.165) is 11.4 Å². The van der Waals surface area contributed by atoms with E-state index in [1.807, 2.05) is 13.8 Å². The van der Waals surface area contributed by atoms with Crippen molar-refractivity contribution in [1.82, 2.24) is 9.97 Å². The maximum absolute atomic E-state index is 9.54. The van der Waals surface area contributed by atoms with Crippen molar-refractivity contribution in [3.05, 3.63) is 11.9 Å². The molecule has 0 spiro atoms. The summed E-state index contributed by atoms with van der Waals surface area (Å²) in [5.74, 6) is 1.49. The van der Waals surface area contributed by atoms with Crippen LogP contribution >= 0.6 is 0 Å². The number of nitrogens with two attached hydrogens (primary N) is 1. The molecule has 0 amide bonds. The number of anilines is 2. The highest BCUT2D eigenvalue weighted by atomic mass is 16.5. The van der Waals surface area contributed by atoms with Crippen LogP contribution in [-0.2, 0) is 4.74 Å². The second-order valence-corrected chi connectivity index (χ2v) is 4.50. The van der Waals surface area contributed by atoms with Crippen molar-refractivity contribution >= 4 is 11.6 Å². The van der Waals surface area contributed by atoms with E-state index in [0.29, 0.717) is 25.4 Å². The maximum Gasteiger partial charge on any atom is 0.134 e. The van der Waals surface area contributed by atoms with Crippen molar-refractivity contribution in [3.63, 3.8) is 0 Å². The van der Waals surface area contributed by atoms with E-state index in [1.54, 1.807) is 7.11 Å². The van der Waals surface area contributed by atoms with Crippen LogP contribution in [0.1, 0.15) is 31.7 Å². The third-order valence-corrected chi connectivity index (χ3v) is 2.62. The highest BCUT2D eigenvalue weighted by molar-refractivity contribution is 5.56. The lowest BCUT2D eigenvalue weighted by Crippen LogP contribution is -2.19. The summed E-state index contributed by atoms with van der Waals surface area (Å²) in [6, 6.07) is 0. The number of ether oxygens (including phenoxy) is 1. The number of nitrogen functional groups attached to an aromatic ring is 1. The molecule has 1 rings (SSSR count). The van der Waals surface area contributed by atoms with E-state index in [9.17, 15) is 5.11 Å². The topological polar surface area (TPSA) is 93.3 Å². The molecule has 1 heterocycles. The Morgan fingerprint density at radius 2 is 2.17 bits per heavy atom. The number of methoxy groups -OCH3 is 1. The second-order valence-electron chi connectivity index (χ2n) is 4.50. The van der Waals surface area contributed by atoms with E-state index in [4.69, 9.17) is 10.5 Å². The SMILES string of the molecule is COCC(O)CCNc1ncnc(N)c1C(C)C. The number of rotatable bonds is 7. The fraction of sp³-hybridized carbons (Fsp3) is 0.667. The van der Waals surface area contributed by atoms with Crippen molar-refractivity contribution in [3.8, 4) is 0 Å². The minimum atomic E-state index is -0.468. The summed E-state index contributed by atoms with van der Waals surface area (Å²) in [4.78, 5) is 8.18. The summed E-state index contributed by atoms with van der Waals surface area (Å²) in [5, 5.41) is 12.7. The molecule has 0 aromatic carbocycles. The molecular formula is C12H22N4O2. The molecule has 1 aromatic heterocycles. The predicted octanol–water partition coefficient (Wildman–Crippen LogP) is 0.991. The van der Waals surface area contributed by atoms with Gasteiger partial charge in [-0.1, -0.05) is 13.8 Å². The predicted molar refractivity (Wildman–Crippen MR) is 71.5 cm³/mol. The van der Waals surface area contributed by atoms with Crippen molar-refractivity contribution in [2.45, 2.75) is 32.3 Å². The van der Waals surface area contributed by atoms with Gasteiger partial charge in [-0.05, 0) is 12.3 Å². The number of aliphatic hydroxyl groups is 1. The van der Waals surface area contributed by atoms with Gasteiger partial charge >= 0.3 is 0 Å². The molecule has 0 aliphatic rings. The molecule has 6 nitrogen and oxygen atoms in total. The molecule has 1 atom stereocenters. The third kappa shape index (κ3) is 4.12. The molecule has 0 fully saturated rings. The van der Waals surface area contributed by atoms with Gasteiger partial charge in [-0.3, -0.25) is 0 Å². The van der Waals surface area contributed by atoms with Gasteiger partial charge in [0, 0.05) is 19.2 Å². The summed E-state index contributed by atoms with van der Waals surface area (Å²) in [7, 11) is 1.57. The Morgan fingerprint density at radius 3 is 2.78 bits per heavy atom. The summed E-state index contributed by atoms with van der Waals surface area (Å²) in [6.07, 6.45) is 1.56. The van der Waals surface area contributed by atoms with Gasteiger partial charge in [-0.25, -0.2) is 9.97 Å². The largest absolute Gasteiger partial charge is 0.391 e. The highest BCUT2D eigenvalue weighted by Gasteiger charge is 2.12. The van der Waals surface area contributed by atoms with Crippen LogP contribution < -0.4 is 11.1 Å². The molecule has 102 valence electrons. The van der Waals surface area contributed by atoms with Crippen molar-refractivity contribution in [2.75, 3.05) is 31.3 Å². The number of aromatic nitrogens is 2.